The van der Waals surface area contributed by atoms with E-state index >= 15 is 0 Å². The van der Waals surface area contributed by atoms with Gasteiger partial charge in [-0.25, -0.2) is 8.78 Å². The average Bonchev–Trinajstić information content (AvgIpc) is 2.33. The molecular weight excluding hydrogens is 408 g/mol. The number of piperazine rings is 1. The first kappa shape index (κ1) is 19.3. The Morgan fingerprint density at radius 3 is 2.05 bits per heavy atom. The van der Waals surface area contributed by atoms with Gasteiger partial charge in [0.15, 0.2) is 0 Å². The van der Waals surface area contributed by atoms with Crippen LogP contribution in [-0.2, 0) is 0 Å². The monoisotopic (exact) mass is 424 g/mol. The number of hydrogen-bond donors (Lipinski definition) is 1. The van der Waals surface area contributed by atoms with Gasteiger partial charge in [0.25, 0.3) is 6.43 Å². The van der Waals surface area contributed by atoms with Crippen LogP contribution in [-0.4, -0.2) is 37.5 Å². The van der Waals surface area contributed by atoms with E-state index in [1.807, 2.05) is 17.0 Å². The number of nitrogens with one attached hydrogen (secondary N) is 1. The summed E-state index contributed by atoms with van der Waals surface area (Å²) >= 11 is 2.18. The molecule has 0 spiro atoms. The molecule has 1 aromatic carbocycles. The minimum atomic E-state index is -2.34. The molecule has 1 aliphatic heterocycles. The molecule has 2 rings (SSSR count). The number of hydrogen-bond acceptors (Lipinski definition) is 2. The lowest BCUT2D eigenvalue weighted by Gasteiger charge is -2.34. The van der Waals surface area contributed by atoms with Gasteiger partial charge in [-0.05, 0) is 40.3 Å². The van der Waals surface area contributed by atoms with Gasteiger partial charge in [0.2, 0.25) is 0 Å². The van der Waals surface area contributed by atoms with Gasteiger partial charge in [0.1, 0.15) is 0 Å². The van der Waals surface area contributed by atoms with Crippen molar-refractivity contribution in [3.8, 4) is 0 Å². The summed E-state index contributed by atoms with van der Waals surface area (Å²) in [6.07, 6.45) is -2.34. The van der Waals surface area contributed by atoms with Crippen LogP contribution in [0.1, 0.15) is 11.6 Å². The van der Waals surface area contributed by atoms with Crippen LogP contribution in [0.15, 0.2) is 24.3 Å². The lowest BCUT2D eigenvalue weighted by molar-refractivity contribution is 0.0182. The highest BCUT2D eigenvalue weighted by molar-refractivity contribution is 14.1. The average molecular weight is 425 g/mol. The van der Waals surface area contributed by atoms with Crippen molar-refractivity contribution < 1.29 is 8.78 Å². The first-order valence-corrected chi connectivity index (χ1v) is 6.75. The van der Waals surface area contributed by atoms with E-state index in [2.05, 4.69) is 27.9 Å². The van der Waals surface area contributed by atoms with Gasteiger partial charge in [-0.2, -0.15) is 0 Å². The molecule has 7 heteroatoms. The molecule has 0 saturated carbocycles. The summed E-state index contributed by atoms with van der Waals surface area (Å²) in [7, 11) is 0. The SMILES string of the molecule is Cl.Cl.FC(F)[C@@H](c1ccc(I)cc1)N1CCNCC1. The van der Waals surface area contributed by atoms with Crippen LogP contribution in [0.25, 0.3) is 0 Å². The van der Waals surface area contributed by atoms with E-state index in [-0.39, 0.29) is 24.8 Å². The largest absolute Gasteiger partial charge is 0.314 e. The van der Waals surface area contributed by atoms with Gasteiger partial charge in [-0.1, -0.05) is 12.1 Å². The lowest BCUT2D eigenvalue weighted by Crippen LogP contribution is -2.46. The molecule has 0 bridgehead atoms. The van der Waals surface area contributed by atoms with Crippen molar-refractivity contribution in [3.05, 3.63) is 33.4 Å². The van der Waals surface area contributed by atoms with E-state index in [1.165, 1.54) is 0 Å². The van der Waals surface area contributed by atoms with Crippen molar-refractivity contribution in [2.75, 3.05) is 26.2 Å². The van der Waals surface area contributed by atoms with Crippen LogP contribution in [0.4, 0.5) is 8.78 Å². The van der Waals surface area contributed by atoms with Crippen LogP contribution >= 0.6 is 47.4 Å². The normalized spacial score (nSPS) is 17.5. The summed E-state index contributed by atoms with van der Waals surface area (Å²) in [4.78, 5) is 1.86. The summed E-state index contributed by atoms with van der Waals surface area (Å²) in [5, 5.41) is 3.18. The number of rotatable bonds is 3. The highest BCUT2D eigenvalue weighted by Crippen LogP contribution is 2.28. The Morgan fingerprint density at radius 2 is 1.58 bits per heavy atom. The standard InChI is InChI=1S/C12H15F2IN2.2ClH/c13-12(14)11(17-7-5-16-6-8-17)9-1-3-10(15)4-2-9;;/h1-4,11-12,16H,5-8H2;2*1H/t11-;;/m1../s1. The van der Waals surface area contributed by atoms with Crippen LogP contribution in [0.3, 0.4) is 0 Å². The molecule has 1 aromatic rings. The molecule has 0 aliphatic carbocycles. The van der Waals surface area contributed by atoms with E-state index in [9.17, 15) is 8.78 Å². The smallest absolute Gasteiger partial charge is 0.258 e. The molecule has 1 heterocycles. The molecule has 1 N–H and O–H groups in total. The van der Waals surface area contributed by atoms with Gasteiger partial charge >= 0.3 is 0 Å². The third-order valence-electron chi connectivity index (χ3n) is 3.00. The van der Waals surface area contributed by atoms with Crippen molar-refractivity contribution in [1.29, 1.82) is 0 Å². The van der Waals surface area contributed by atoms with Crippen LogP contribution < -0.4 is 5.32 Å². The third kappa shape index (κ3) is 5.30. The maximum absolute atomic E-state index is 13.2. The van der Waals surface area contributed by atoms with E-state index in [4.69, 9.17) is 0 Å². The Bertz CT molecular complexity index is 359. The fraction of sp³-hybridized carbons (Fsp3) is 0.500. The maximum Gasteiger partial charge on any atom is 0.258 e. The van der Waals surface area contributed by atoms with Gasteiger partial charge in [0.05, 0.1) is 6.04 Å². The van der Waals surface area contributed by atoms with E-state index in [1.54, 1.807) is 12.1 Å². The molecule has 0 amide bonds. The molecule has 1 atom stereocenters. The fourth-order valence-electron chi connectivity index (χ4n) is 2.14. The zero-order chi connectivity index (χ0) is 12.3. The number of benzene rings is 1. The predicted octanol–water partition coefficient (Wildman–Crippen LogP) is 3.35. The van der Waals surface area contributed by atoms with Crippen molar-refractivity contribution >= 4 is 47.4 Å². The Hall–Kier alpha value is 0.310. The summed E-state index contributed by atoms with van der Waals surface area (Å²) in [5.74, 6) is 0. The van der Waals surface area contributed by atoms with Gasteiger partial charge < -0.3 is 5.32 Å². The van der Waals surface area contributed by atoms with E-state index in [0.29, 0.717) is 18.7 Å². The second kappa shape index (κ2) is 9.28. The number of nitrogens with zero attached hydrogens (tertiary/aromatic N) is 1. The molecule has 110 valence electrons. The highest BCUT2D eigenvalue weighted by atomic mass is 127. The molecule has 1 fully saturated rings. The molecule has 0 radical (unpaired) electrons. The van der Waals surface area contributed by atoms with Crippen molar-refractivity contribution in [1.82, 2.24) is 10.2 Å². The Kier molecular flexibility index (Phi) is 9.43. The quantitative estimate of drug-likeness (QED) is 0.748. The van der Waals surface area contributed by atoms with Crippen molar-refractivity contribution in [3.63, 3.8) is 0 Å². The fourth-order valence-corrected chi connectivity index (χ4v) is 2.50. The second-order valence-electron chi connectivity index (χ2n) is 4.12. The zero-order valence-corrected chi connectivity index (χ0v) is 14.0. The number of alkyl halides is 2. The van der Waals surface area contributed by atoms with E-state index in [0.717, 1.165) is 16.7 Å². The Labute approximate surface area is 138 Å². The van der Waals surface area contributed by atoms with Crippen molar-refractivity contribution in [2.45, 2.75) is 12.5 Å². The Morgan fingerprint density at radius 1 is 1.05 bits per heavy atom. The third-order valence-corrected chi connectivity index (χ3v) is 3.71. The second-order valence-corrected chi connectivity index (χ2v) is 5.36. The molecule has 2 nitrogen and oxygen atoms in total. The van der Waals surface area contributed by atoms with Gasteiger partial charge in [-0.15, -0.1) is 24.8 Å². The van der Waals surface area contributed by atoms with Crippen LogP contribution in [0, 0.1) is 3.57 Å². The topological polar surface area (TPSA) is 15.3 Å². The maximum atomic E-state index is 13.2. The molecule has 1 saturated heterocycles. The zero-order valence-electron chi connectivity index (χ0n) is 10.2. The van der Waals surface area contributed by atoms with Crippen LogP contribution in [0.5, 0.6) is 0 Å². The summed E-state index contributed by atoms with van der Waals surface area (Å²) in [5.41, 5.74) is 0.710. The minimum absolute atomic E-state index is 0. The lowest BCUT2D eigenvalue weighted by atomic mass is 10.1. The molecule has 0 unspecified atom stereocenters. The van der Waals surface area contributed by atoms with Gasteiger partial charge in [0, 0.05) is 29.7 Å². The number of halogens is 5. The first-order chi connectivity index (χ1) is 8.18. The summed E-state index contributed by atoms with van der Waals surface area (Å²) < 4.78 is 27.5. The first-order valence-electron chi connectivity index (χ1n) is 5.67. The van der Waals surface area contributed by atoms with Gasteiger partial charge in [-0.3, -0.25) is 4.90 Å². The summed E-state index contributed by atoms with van der Waals surface area (Å²) in [6.45, 7) is 2.93. The molecule has 19 heavy (non-hydrogen) atoms. The molecule has 0 aromatic heterocycles. The minimum Gasteiger partial charge on any atom is -0.314 e. The van der Waals surface area contributed by atoms with Crippen molar-refractivity contribution in [2.24, 2.45) is 0 Å². The van der Waals surface area contributed by atoms with E-state index < -0.39 is 12.5 Å². The van der Waals surface area contributed by atoms with Crippen LogP contribution in [0.2, 0.25) is 0 Å². The molecular formula is C12H17Cl2F2IN2. The predicted molar refractivity (Wildman–Crippen MR) is 86.8 cm³/mol. The molecule has 1 aliphatic rings. The highest BCUT2D eigenvalue weighted by Gasteiger charge is 2.29. The Balaban J connectivity index is 0.00000162. The summed E-state index contributed by atoms with van der Waals surface area (Å²) in [6, 6.07) is 6.61.